The zero-order valence-corrected chi connectivity index (χ0v) is 12.6. The number of nitrogens with two attached hydrogens (primary N) is 1. The fourth-order valence-electron chi connectivity index (χ4n) is 3.27. The molecule has 0 bridgehead atoms. The van der Waals surface area contributed by atoms with Gasteiger partial charge in [0.1, 0.15) is 0 Å². The van der Waals surface area contributed by atoms with Crippen LogP contribution in [0.5, 0.6) is 0 Å². The van der Waals surface area contributed by atoms with Crippen LogP contribution >= 0.6 is 11.3 Å². The molecule has 0 spiro atoms. The zero-order valence-electron chi connectivity index (χ0n) is 11.8. The van der Waals surface area contributed by atoms with Crippen molar-refractivity contribution in [1.29, 1.82) is 0 Å². The molecule has 0 amide bonds. The van der Waals surface area contributed by atoms with Gasteiger partial charge in [-0.05, 0) is 48.6 Å². The Bertz CT molecular complexity index is 350. The molecule has 1 heterocycles. The highest BCUT2D eigenvalue weighted by Gasteiger charge is 2.27. The van der Waals surface area contributed by atoms with Crippen LogP contribution in [-0.2, 0) is 0 Å². The number of hydrogen-bond acceptors (Lipinski definition) is 2. The summed E-state index contributed by atoms with van der Waals surface area (Å²) in [6.07, 6.45) is 9.68. The summed E-state index contributed by atoms with van der Waals surface area (Å²) in [6, 6.07) is 2.49. The summed E-state index contributed by atoms with van der Waals surface area (Å²) in [5.74, 6) is 1.71. The molecular formula is C16H27NS. The first-order valence-corrected chi connectivity index (χ1v) is 8.40. The van der Waals surface area contributed by atoms with Crippen LogP contribution in [0.2, 0.25) is 0 Å². The minimum absolute atomic E-state index is 0.289. The maximum Gasteiger partial charge on any atom is 0.0421 e. The third-order valence-corrected chi connectivity index (χ3v) is 5.69. The van der Waals surface area contributed by atoms with E-state index >= 15 is 0 Å². The van der Waals surface area contributed by atoms with Crippen molar-refractivity contribution in [3.8, 4) is 0 Å². The van der Waals surface area contributed by atoms with Gasteiger partial charge in [0.05, 0.1) is 0 Å². The van der Waals surface area contributed by atoms with Gasteiger partial charge in [-0.15, -0.1) is 11.3 Å². The minimum Gasteiger partial charge on any atom is -0.323 e. The lowest BCUT2D eigenvalue weighted by atomic mass is 9.76. The molecule has 102 valence electrons. The van der Waals surface area contributed by atoms with Gasteiger partial charge in [0, 0.05) is 10.9 Å². The van der Waals surface area contributed by atoms with E-state index in [2.05, 4.69) is 25.3 Å². The van der Waals surface area contributed by atoms with Crippen LogP contribution in [0.25, 0.3) is 0 Å². The lowest BCUT2D eigenvalue weighted by Gasteiger charge is -2.32. The Kier molecular flexibility index (Phi) is 5.25. The monoisotopic (exact) mass is 265 g/mol. The van der Waals surface area contributed by atoms with Gasteiger partial charge < -0.3 is 5.73 Å². The second-order valence-electron chi connectivity index (χ2n) is 5.92. The van der Waals surface area contributed by atoms with Gasteiger partial charge in [-0.3, -0.25) is 0 Å². The largest absolute Gasteiger partial charge is 0.323 e. The van der Waals surface area contributed by atoms with Crippen molar-refractivity contribution in [2.45, 2.75) is 64.8 Å². The van der Waals surface area contributed by atoms with Crippen LogP contribution in [0, 0.1) is 18.8 Å². The molecule has 1 unspecified atom stereocenters. The molecule has 0 radical (unpaired) electrons. The fraction of sp³-hybridized carbons (Fsp3) is 0.750. The summed E-state index contributed by atoms with van der Waals surface area (Å²) in [6.45, 7) is 4.49. The Morgan fingerprint density at radius 3 is 2.61 bits per heavy atom. The van der Waals surface area contributed by atoms with E-state index in [4.69, 9.17) is 5.73 Å². The van der Waals surface area contributed by atoms with E-state index in [1.54, 1.807) is 0 Å². The van der Waals surface area contributed by atoms with E-state index in [-0.39, 0.29) is 6.04 Å². The topological polar surface area (TPSA) is 26.0 Å². The van der Waals surface area contributed by atoms with Crippen molar-refractivity contribution in [2.75, 3.05) is 0 Å². The number of hydrogen-bond donors (Lipinski definition) is 1. The molecule has 2 N–H and O–H groups in total. The summed E-state index contributed by atoms with van der Waals surface area (Å²) in [4.78, 5) is 1.42. The molecular weight excluding hydrogens is 238 g/mol. The van der Waals surface area contributed by atoms with Gasteiger partial charge in [-0.2, -0.15) is 0 Å². The Labute approximate surface area is 116 Å². The van der Waals surface area contributed by atoms with Gasteiger partial charge in [0.25, 0.3) is 0 Å². The van der Waals surface area contributed by atoms with Crippen LogP contribution in [0.4, 0.5) is 0 Å². The number of unbranched alkanes of at least 4 members (excludes halogenated alkanes) is 1. The molecule has 0 saturated heterocycles. The van der Waals surface area contributed by atoms with Gasteiger partial charge in [-0.1, -0.05) is 39.0 Å². The first kappa shape index (κ1) is 14.1. The Morgan fingerprint density at radius 2 is 2.06 bits per heavy atom. The number of rotatable bonds is 5. The van der Waals surface area contributed by atoms with Gasteiger partial charge >= 0.3 is 0 Å². The van der Waals surface area contributed by atoms with E-state index in [1.807, 2.05) is 11.3 Å². The molecule has 1 saturated carbocycles. The van der Waals surface area contributed by atoms with E-state index in [9.17, 15) is 0 Å². The van der Waals surface area contributed by atoms with Gasteiger partial charge in [0.15, 0.2) is 0 Å². The molecule has 2 heteroatoms. The first-order chi connectivity index (χ1) is 8.72. The fourth-order valence-corrected chi connectivity index (χ4v) is 4.29. The summed E-state index contributed by atoms with van der Waals surface area (Å²) < 4.78 is 0. The third kappa shape index (κ3) is 3.36. The van der Waals surface area contributed by atoms with Crippen LogP contribution in [0.15, 0.2) is 11.4 Å². The van der Waals surface area contributed by atoms with Gasteiger partial charge in [0.2, 0.25) is 0 Å². The average Bonchev–Trinajstić information content (AvgIpc) is 2.82. The maximum atomic E-state index is 6.47. The quantitative estimate of drug-likeness (QED) is 0.792. The lowest BCUT2D eigenvalue weighted by molar-refractivity contribution is 0.233. The highest BCUT2D eigenvalue weighted by atomic mass is 32.1. The molecule has 18 heavy (non-hydrogen) atoms. The summed E-state index contributed by atoms with van der Waals surface area (Å²) >= 11 is 1.84. The Morgan fingerprint density at radius 1 is 1.33 bits per heavy atom. The molecule has 1 nitrogen and oxygen atoms in total. The highest BCUT2D eigenvalue weighted by Crippen LogP contribution is 2.39. The normalized spacial score (nSPS) is 26.2. The summed E-state index contributed by atoms with van der Waals surface area (Å²) in [7, 11) is 0. The predicted molar refractivity (Wildman–Crippen MR) is 81.0 cm³/mol. The van der Waals surface area contributed by atoms with Crippen LogP contribution < -0.4 is 5.73 Å². The highest BCUT2D eigenvalue weighted by molar-refractivity contribution is 7.10. The molecule has 1 aliphatic carbocycles. The molecule has 0 aliphatic heterocycles. The zero-order chi connectivity index (χ0) is 13.0. The molecule has 2 rings (SSSR count). The first-order valence-electron chi connectivity index (χ1n) is 7.52. The van der Waals surface area contributed by atoms with Crippen LogP contribution in [0.3, 0.4) is 0 Å². The average molecular weight is 265 g/mol. The van der Waals surface area contributed by atoms with Crippen molar-refractivity contribution in [3.05, 3.63) is 21.9 Å². The molecule has 1 aromatic heterocycles. The lowest BCUT2D eigenvalue weighted by Crippen LogP contribution is -2.25. The Balaban J connectivity index is 1.84. The maximum absolute atomic E-state index is 6.47. The SMILES string of the molecule is CCCCC1CCC(C(N)c2sccc2C)CC1. The third-order valence-electron chi connectivity index (χ3n) is 4.57. The van der Waals surface area contributed by atoms with Gasteiger partial charge in [-0.25, -0.2) is 0 Å². The van der Waals surface area contributed by atoms with E-state index in [0.29, 0.717) is 0 Å². The van der Waals surface area contributed by atoms with Crippen molar-refractivity contribution in [3.63, 3.8) is 0 Å². The van der Waals surface area contributed by atoms with Crippen molar-refractivity contribution < 1.29 is 0 Å². The van der Waals surface area contributed by atoms with E-state index < -0.39 is 0 Å². The molecule has 1 atom stereocenters. The minimum atomic E-state index is 0.289. The summed E-state index contributed by atoms with van der Waals surface area (Å²) in [5, 5.41) is 2.18. The summed E-state index contributed by atoms with van der Waals surface area (Å²) in [5.41, 5.74) is 7.86. The number of aryl methyl sites for hydroxylation is 1. The number of thiophene rings is 1. The smallest absolute Gasteiger partial charge is 0.0421 e. The van der Waals surface area contributed by atoms with Crippen LogP contribution in [-0.4, -0.2) is 0 Å². The predicted octanol–water partition coefficient (Wildman–Crippen LogP) is 5.05. The van der Waals surface area contributed by atoms with E-state index in [0.717, 1.165) is 11.8 Å². The van der Waals surface area contributed by atoms with E-state index in [1.165, 1.54) is 55.4 Å². The van der Waals surface area contributed by atoms with Crippen molar-refractivity contribution in [2.24, 2.45) is 17.6 Å². The second kappa shape index (κ2) is 6.72. The standard InChI is InChI=1S/C16H27NS/c1-3-4-5-13-6-8-14(9-7-13)15(17)16-12(2)10-11-18-16/h10-11,13-15H,3-9,17H2,1-2H3. The Hall–Kier alpha value is -0.340. The van der Waals surface area contributed by atoms with Crippen molar-refractivity contribution in [1.82, 2.24) is 0 Å². The molecule has 1 aromatic rings. The molecule has 0 aromatic carbocycles. The van der Waals surface area contributed by atoms with Crippen LogP contribution in [0.1, 0.15) is 68.4 Å². The molecule has 1 fully saturated rings. The molecule has 1 aliphatic rings. The second-order valence-corrected chi connectivity index (χ2v) is 6.86. The van der Waals surface area contributed by atoms with Crippen molar-refractivity contribution >= 4 is 11.3 Å².